The third-order valence-corrected chi connectivity index (χ3v) is 4.30. The maximum absolute atomic E-state index is 12.4. The smallest absolute Gasteiger partial charge is 0.255 e. The molecule has 0 radical (unpaired) electrons. The Labute approximate surface area is 154 Å². The first-order valence-electron chi connectivity index (χ1n) is 8.30. The summed E-state index contributed by atoms with van der Waals surface area (Å²) in [5, 5.41) is 2.80. The van der Waals surface area contributed by atoms with Crippen LogP contribution in [0.4, 0.5) is 5.69 Å². The molecular weight excluding hydrogens is 354 g/mol. The van der Waals surface area contributed by atoms with E-state index >= 15 is 0 Å². The quantitative estimate of drug-likeness (QED) is 0.763. The fourth-order valence-corrected chi connectivity index (χ4v) is 3.19. The van der Waals surface area contributed by atoms with Gasteiger partial charge in [-0.05, 0) is 43.7 Å². The molecule has 140 valence electrons. The van der Waals surface area contributed by atoms with Crippen LogP contribution in [-0.2, 0) is 15.6 Å². The number of rotatable bonds is 8. The van der Waals surface area contributed by atoms with E-state index in [2.05, 4.69) is 5.32 Å². The lowest BCUT2D eigenvalue weighted by Gasteiger charge is -2.13. The van der Waals surface area contributed by atoms with Crippen LogP contribution in [0.2, 0.25) is 0 Å². The zero-order valence-corrected chi connectivity index (χ0v) is 15.9. The first-order chi connectivity index (χ1) is 12.3. The fourth-order valence-electron chi connectivity index (χ4n) is 2.39. The van der Waals surface area contributed by atoms with Gasteiger partial charge in [-0.1, -0.05) is 12.1 Å². The Morgan fingerprint density at radius 1 is 0.962 bits per heavy atom. The monoisotopic (exact) mass is 377 g/mol. The van der Waals surface area contributed by atoms with Crippen molar-refractivity contribution in [3.05, 3.63) is 53.6 Å². The molecule has 0 atom stereocenters. The molecule has 0 saturated heterocycles. The summed E-state index contributed by atoms with van der Waals surface area (Å²) < 4.78 is 33.7. The standard InChI is InChI=1S/C19H23NO5S/c1-4-24-17-11-10-16(12-18(17)25-5-2)20-19(21)15-8-6-14(7-9-15)13-26(3,22)23/h6-12H,4-5,13H2,1-3H3,(H,20,21). The van der Waals surface area contributed by atoms with Gasteiger partial charge >= 0.3 is 0 Å². The first kappa shape index (κ1) is 19.8. The van der Waals surface area contributed by atoms with Crippen molar-refractivity contribution in [2.24, 2.45) is 0 Å². The van der Waals surface area contributed by atoms with Crippen molar-refractivity contribution in [2.45, 2.75) is 19.6 Å². The number of carbonyl (C=O) groups excluding carboxylic acids is 1. The van der Waals surface area contributed by atoms with Gasteiger partial charge in [0.15, 0.2) is 21.3 Å². The molecule has 1 N–H and O–H groups in total. The molecular formula is C19H23NO5S. The van der Waals surface area contributed by atoms with Gasteiger partial charge < -0.3 is 14.8 Å². The largest absolute Gasteiger partial charge is 0.490 e. The van der Waals surface area contributed by atoms with Crippen molar-refractivity contribution in [1.29, 1.82) is 0 Å². The van der Waals surface area contributed by atoms with Gasteiger partial charge in [-0.15, -0.1) is 0 Å². The summed E-state index contributed by atoms with van der Waals surface area (Å²) in [6.45, 7) is 4.77. The summed E-state index contributed by atoms with van der Waals surface area (Å²) in [7, 11) is -3.10. The van der Waals surface area contributed by atoms with Gasteiger partial charge in [-0.3, -0.25) is 4.79 Å². The number of sulfone groups is 1. The third kappa shape index (κ3) is 5.77. The highest BCUT2D eigenvalue weighted by atomic mass is 32.2. The number of carbonyl (C=O) groups is 1. The highest BCUT2D eigenvalue weighted by Crippen LogP contribution is 2.30. The SMILES string of the molecule is CCOc1ccc(NC(=O)c2ccc(CS(C)(=O)=O)cc2)cc1OCC. The van der Waals surface area contributed by atoms with E-state index in [9.17, 15) is 13.2 Å². The van der Waals surface area contributed by atoms with E-state index < -0.39 is 9.84 Å². The summed E-state index contributed by atoms with van der Waals surface area (Å²) in [6, 6.07) is 11.7. The molecule has 0 spiro atoms. The van der Waals surface area contributed by atoms with E-state index in [0.717, 1.165) is 0 Å². The Balaban J connectivity index is 2.12. The number of hydrogen-bond donors (Lipinski definition) is 1. The molecule has 6 nitrogen and oxygen atoms in total. The summed E-state index contributed by atoms with van der Waals surface area (Å²) in [4.78, 5) is 12.4. The van der Waals surface area contributed by atoms with Crippen molar-refractivity contribution in [3.8, 4) is 11.5 Å². The minimum atomic E-state index is -3.10. The molecule has 2 aromatic rings. The lowest BCUT2D eigenvalue weighted by Crippen LogP contribution is -2.12. The number of amides is 1. The van der Waals surface area contributed by atoms with Crippen LogP contribution in [0, 0.1) is 0 Å². The maximum Gasteiger partial charge on any atom is 0.255 e. The minimum Gasteiger partial charge on any atom is -0.490 e. The molecule has 0 aromatic heterocycles. The second-order valence-electron chi connectivity index (χ2n) is 5.75. The molecule has 0 fully saturated rings. The van der Waals surface area contributed by atoms with Gasteiger partial charge in [0, 0.05) is 23.6 Å². The average molecular weight is 377 g/mol. The van der Waals surface area contributed by atoms with E-state index in [-0.39, 0.29) is 11.7 Å². The lowest BCUT2D eigenvalue weighted by molar-refractivity contribution is 0.102. The predicted octanol–water partition coefficient (Wildman–Crippen LogP) is 3.28. The van der Waals surface area contributed by atoms with E-state index in [1.165, 1.54) is 6.26 Å². The molecule has 2 aromatic carbocycles. The van der Waals surface area contributed by atoms with Gasteiger partial charge in [0.2, 0.25) is 0 Å². The molecule has 0 saturated carbocycles. The zero-order valence-electron chi connectivity index (χ0n) is 15.1. The number of anilines is 1. The van der Waals surface area contributed by atoms with Crippen molar-refractivity contribution in [3.63, 3.8) is 0 Å². The second kappa shape index (κ2) is 8.71. The van der Waals surface area contributed by atoms with Crippen LogP contribution < -0.4 is 14.8 Å². The van der Waals surface area contributed by atoms with E-state index in [0.29, 0.717) is 41.5 Å². The highest BCUT2D eigenvalue weighted by molar-refractivity contribution is 7.89. The van der Waals surface area contributed by atoms with Crippen molar-refractivity contribution >= 4 is 21.4 Å². The van der Waals surface area contributed by atoms with Gasteiger partial charge in [0.05, 0.1) is 19.0 Å². The first-order valence-corrected chi connectivity index (χ1v) is 10.4. The van der Waals surface area contributed by atoms with E-state index in [4.69, 9.17) is 9.47 Å². The molecule has 7 heteroatoms. The van der Waals surface area contributed by atoms with E-state index in [1.807, 2.05) is 13.8 Å². The Morgan fingerprint density at radius 2 is 1.58 bits per heavy atom. The number of nitrogens with one attached hydrogen (secondary N) is 1. The van der Waals surface area contributed by atoms with Crippen LogP contribution in [0.15, 0.2) is 42.5 Å². The van der Waals surface area contributed by atoms with Crippen LogP contribution in [0.3, 0.4) is 0 Å². The van der Waals surface area contributed by atoms with Crippen LogP contribution in [-0.4, -0.2) is 33.8 Å². The second-order valence-corrected chi connectivity index (χ2v) is 7.89. The Hall–Kier alpha value is -2.54. The molecule has 0 heterocycles. The summed E-state index contributed by atoms with van der Waals surface area (Å²) >= 11 is 0. The third-order valence-electron chi connectivity index (χ3n) is 3.45. The predicted molar refractivity (Wildman–Crippen MR) is 102 cm³/mol. The Morgan fingerprint density at radius 3 is 2.15 bits per heavy atom. The number of hydrogen-bond acceptors (Lipinski definition) is 5. The van der Waals surface area contributed by atoms with Gasteiger partial charge in [0.25, 0.3) is 5.91 Å². The van der Waals surface area contributed by atoms with Gasteiger partial charge in [-0.2, -0.15) is 0 Å². The Kier molecular flexibility index (Phi) is 6.63. The van der Waals surface area contributed by atoms with Crippen LogP contribution in [0.5, 0.6) is 11.5 Å². The zero-order chi connectivity index (χ0) is 19.2. The molecule has 1 amide bonds. The molecule has 0 aliphatic carbocycles. The molecule has 0 aliphatic heterocycles. The van der Waals surface area contributed by atoms with Crippen LogP contribution in [0.1, 0.15) is 29.8 Å². The summed E-state index contributed by atoms with van der Waals surface area (Å²) in [5.74, 6) is 0.849. The summed E-state index contributed by atoms with van der Waals surface area (Å²) in [5.41, 5.74) is 1.67. The minimum absolute atomic E-state index is 0.0501. The molecule has 0 unspecified atom stereocenters. The molecule has 0 bridgehead atoms. The molecule has 26 heavy (non-hydrogen) atoms. The lowest BCUT2D eigenvalue weighted by atomic mass is 10.1. The number of ether oxygens (including phenoxy) is 2. The van der Waals surface area contributed by atoms with E-state index in [1.54, 1.807) is 42.5 Å². The van der Waals surface area contributed by atoms with Crippen LogP contribution in [0.25, 0.3) is 0 Å². The Bertz CT molecular complexity index is 860. The maximum atomic E-state index is 12.4. The van der Waals surface area contributed by atoms with Crippen molar-refractivity contribution in [2.75, 3.05) is 24.8 Å². The average Bonchev–Trinajstić information content (AvgIpc) is 2.57. The fraction of sp³-hybridized carbons (Fsp3) is 0.316. The van der Waals surface area contributed by atoms with Gasteiger partial charge in [-0.25, -0.2) is 8.42 Å². The van der Waals surface area contributed by atoms with Crippen molar-refractivity contribution in [1.82, 2.24) is 0 Å². The van der Waals surface area contributed by atoms with Crippen LogP contribution >= 0.6 is 0 Å². The summed E-state index contributed by atoms with van der Waals surface area (Å²) in [6.07, 6.45) is 1.18. The number of benzene rings is 2. The van der Waals surface area contributed by atoms with Gasteiger partial charge in [0.1, 0.15) is 0 Å². The normalized spacial score (nSPS) is 11.0. The molecule has 0 aliphatic rings. The highest BCUT2D eigenvalue weighted by Gasteiger charge is 2.11. The molecule has 2 rings (SSSR count). The topological polar surface area (TPSA) is 81.7 Å². The van der Waals surface area contributed by atoms with Crippen molar-refractivity contribution < 1.29 is 22.7 Å².